The molecule has 1 aromatic carbocycles. The van der Waals surface area contributed by atoms with Crippen LogP contribution in [0.25, 0.3) is 5.69 Å². The predicted molar refractivity (Wildman–Crippen MR) is 122 cm³/mol. The van der Waals surface area contributed by atoms with E-state index in [4.69, 9.17) is 4.74 Å². The lowest BCUT2D eigenvalue weighted by Crippen LogP contribution is -2.53. The van der Waals surface area contributed by atoms with Crippen LogP contribution in [0, 0.1) is 0 Å². The second kappa shape index (κ2) is 10.7. The van der Waals surface area contributed by atoms with Crippen molar-refractivity contribution in [2.24, 2.45) is 0 Å². The van der Waals surface area contributed by atoms with Gasteiger partial charge in [-0.3, -0.25) is 19.5 Å². The maximum Gasteiger partial charge on any atom is 0.321 e. The lowest BCUT2D eigenvalue weighted by atomic mass is 10.1. The molecular formula is C22H28N6O4S. The van der Waals surface area contributed by atoms with Crippen LogP contribution >= 0.6 is 11.8 Å². The number of nitrogens with zero attached hydrogens (tertiary/aromatic N) is 4. The number of benzene rings is 1. The van der Waals surface area contributed by atoms with E-state index in [1.165, 1.54) is 24.6 Å². The van der Waals surface area contributed by atoms with E-state index < -0.39 is 6.03 Å². The second-order valence-electron chi connectivity index (χ2n) is 8.14. The Morgan fingerprint density at radius 1 is 1.12 bits per heavy atom. The number of methoxy groups -OCH3 is 1. The molecule has 2 saturated heterocycles. The minimum absolute atomic E-state index is 0.101. The number of hydrogen-bond acceptors (Lipinski definition) is 7. The van der Waals surface area contributed by atoms with Gasteiger partial charge in [0.15, 0.2) is 5.16 Å². The highest BCUT2D eigenvalue weighted by Gasteiger charge is 2.27. The number of rotatable bonds is 7. The summed E-state index contributed by atoms with van der Waals surface area (Å²) >= 11 is 1.34. The lowest BCUT2D eigenvalue weighted by Gasteiger charge is -2.23. The van der Waals surface area contributed by atoms with Crippen LogP contribution in [-0.4, -0.2) is 69.5 Å². The lowest BCUT2D eigenvalue weighted by molar-refractivity contribution is -0.128. The van der Waals surface area contributed by atoms with Gasteiger partial charge in [-0.15, -0.1) is 10.2 Å². The number of urea groups is 1. The number of hydrogen-bond donors (Lipinski definition) is 2. The smallest absolute Gasteiger partial charge is 0.321 e. The number of aromatic nitrogens is 3. The fraction of sp³-hybridized carbons (Fsp3) is 0.500. The van der Waals surface area contributed by atoms with Crippen molar-refractivity contribution in [2.45, 2.75) is 49.7 Å². The number of imide groups is 1. The monoisotopic (exact) mass is 472 g/mol. The predicted octanol–water partition coefficient (Wildman–Crippen LogP) is 1.91. The standard InChI is InChI=1S/C22H28N6O4S/c1-32-17-8-6-16(7-9-17)28-18(12-15-13-19(29)24-21(31)23-15)25-26-22(28)33-14-20(30)27-10-4-2-3-5-11-27/h6-9,15H,2-5,10-14H2,1H3,(H2,23,24,29,31). The Balaban J connectivity index is 1.54. The summed E-state index contributed by atoms with van der Waals surface area (Å²) < 4.78 is 7.13. The highest BCUT2D eigenvalue weighted by Crippen LogP contribution is 2.25. The third-order valence-electron chi connectivity index (χ3n) is 5.76. The number of nitrogens with one attached hydrogen (secondary N) is 2. The van der Waals surface area contributed by atoms with Gasteiger partial charge in [0.25, 0.3) is 0 Å². The van der Waals surface area contributed by atoms with Crippen LogP contribution in [0.1, 0.15) is 37.9 Å². The average molecular weight is 473 g/mol. The fourth-order valence-electron chi connectivity index (χ4n) is 4.07. The molecule has 1 atom stereocenters. The fourth-order valence-corrected chi connectivity index (χ4v) is 4.95. The first-order valence-electron chi connectivity index (χ1n) is 11.1. The number of ether oxygens (including phenoxy) is 1. The molecule has 2 fully saturated rings. The van der Waals surface area contributed by atoms with Gasteiger partial charge in [-0.25, -0.2) is 4.79 Å². The minimum atomic E-state index is -0.510. The van der Waals surface area contributed by atoms with Gasteiger partial charge in [0.1, 0.15) is 11.6 Å². The molecule has 2 N–H and O–H groups in total. The SMILES string of the molecule is COc1ccc(-n2c(CC3CC(=O)NC(=O)N3)nnc2SCC(=O)N2CCCCCC2)cc1. The minimum Gasteiger partial charge on any atom is -0.497 e. The Morgan fingerprint density at radius 3 is 2.52 bits per heavy atom. The Morgan fingerprint density at radius 2 is 1.85 bits per heavy atom. The second-order valence-corrected chi connectivity index (χ2v) is 9.09. The molecule has 2 aliphatic heterocycles. The average Bonchev–Trinajstić information content (AvgIpc) is 3.00. The highest BCUT2D eigenvalue weighted by molar-refractivity contribution is 7.99. The molecule has 0 aliphatic carbocycles. The zero-order valence-corrected chi connectivity index (χ0v) is 19.4. The van der Waals surface area contributed by atoms with Gasteiger partial charge in [0, 0.05) is 37.7 Å². The summed E-state index contributed by atoms with van der Waals surface area (Å²) in [5, 5.41) is 14.3. The van der Waals surface area contributed by atoms with Crippen LogP contribution in [0.3, 0.4) is 0 Å². The Hall–Kier alpha value is -3.08. The zero-order valence-electron chi connectivity index (χ0n) is 18.6. The summed E-state index contributed by atoms with van der Waals surface area (Å²) in [4.78, 5) is 38.2. The van der Waals surface area contributed by atoms with Crippen molar-refractivity contribution in [3.63, 3.8) is 0 Å². The first-order valence-corrected chi connectivity index (χ1v) is 12.1. The summed E-state index contributed by atoms with van der Waals surface area (Å²) in [6.45, 7) is 1.61. The molecule has 0 saturated carbocycles. The van der Waals surface area contributed by atoms with Gasteiger partial charge in [0.05, 0.1) is 12.9 Å². The third kappa shape index (κ3) is 5.84. The molecule has 4 rings (SSSR count). The van der Waals surface area contributed by atoms with Crippen LogP contribution < -0.4 is 15.4 Å². The van der Waals surface area contributed by atoms with Crippen molar-refractivity contribution >= 4 is 29.6 Å². The van der Waals surface area contributed by atoms with Gasteiger partial charge in [0.2, 0.25) is 11.8 Å². The van der Waals surface area contributed by atoms with Crippen LogP contribution in [0.4, 0.5) is 4.79 Å². The molecule has 0 spiro atoms. The Kier molecular flexibility index (Phi) is 7.48. The maximum atomic E-state index is 12.8. The van der Waals surface area contributed by atoms with E-state index in [1.807, 2.05) is 33.7 Å². The van der Waals surface area contributed by atoms with Crippen molar-refractivity contribution in [2.75, 3.05) is 26.0 Å². The van der Waals surface area contributed by atoms with E-state index in [0.717, 1.165) is 37.4 Å². The topological polar surface area (TPSA) is 118 Å². The molecule has 2 aliphatic rings. The molecule has 0 bridgehead atoms. The number of amides is 4. The zero-order chi connectivity index (χ0) is 23.2. The van der Waals surface area contributed by atoms with Gasteiger partial charge >= 0.3 is 6.03 Å². The molecule has 2 aromatic rings. The number of carbonyl (C=O) groups is 3. The van der Waals surface area contributed by atoms with Crippen molar-refractivity contribution in [3.8, 4) is 11.4 Å². The van der Waals surface area contributed by atoms with Crippen molar-refractivity contribution < 1.29 is 19.1 Å². The van der Waals surface area contributed by atoms with Crippen molar-refractivity contribution in [1.29, 1.82) is 0 Å². The summed E-state index contributed by atoms with van der Waals surface area (Å²) in [5.41, 5.74) is 0.812. The van der Waals surface area contributed by atoms with Gasteiger partial charge in [-0.05, 0) is 37.1 Å². The molecule has 1 unspecified atom stereocenters. The van der Waals surface area contributed by atoms with Crippen molar-refractivity contribution in [1.82, 2.24) is 30.3 Å². The van der Waals surface area contributed by atoms with Crippen LogP contribution in [0.15, 0.2) is 29.4 Å². The molecule has 33 heavy (non-hydrogen) atoms. The number of thioether (sulfide) groups is 1. The third-order valence-corrected chi connectivity index (χ3v) is 6.68. The Bertz CT molecular complexity index is 985. The van der Waals surface area contributed by atoms with E-state index >= 15 is 0 Å². The van der Waals surface area contributed by atoms with E-state index in [0.29, 0.717) is 17.4 Å². The first kappa shape index (κ1) is 23.1. The molecule has 4 amide bonds. The van der Waals surface area contributed by atoms with Crippen molar-refractivity contribution in [3.05, 3.63) is 30.1 Å². The quantitative estimate of drug-likeness (QED) is 0.591. The molecule has 11 heteroatoms. The van der Waals surface area contributed by atoms with E-state index in [9.17, 15) is 14.4 Å². The number of likely N-dealkylation sites (tertiary alicyclic amines) is 1. The number of carbonyl (C=O) groups excluding carboxylic acids is 3. The van der Waals surface area contributed by atoms with Crippen LogP contribution in [-0.2, 0) is 16.0 Å². The summed E-state index contributed by atoms with van der Waals surface area (Å²) in [6.07, 6.45) is 4.92. The molecule has 176 valence electrons. The summed E-state index contributed by atoms with van der Waals surface area (Å²) in [6, 6.07) is 6.56. The molecule has 3 heterocycles. The van der Waals surface area contributed by atoms with Crippen LogP contribution in [0.2, 0.25) is 0 Å². The van der Waals surface area contributed by atoms with Gasteiger partial charge in [-0.2, -0.15) is 0 Å². The largest absolute Gasteiger partial charge is 0.497 e. The highest BCUT2D eigenvalue weighted by atomic mass is 32.2. The van der Waals surface area contributed by atoms with Crippen LogP contribution in [0.5, 0.6) is 5.75 Å². The first-order chi connectivity index (χ1) is 16.0. The van der Waals surface area contributed by atoms with Gasteiger partial charge < -0.3 is 15.0 Å². The van der Waals surface area contributed by atoms with E-state index in [1.54, 1.807) is 7.11 Å². The summed E-state index contributed by atoms with van der Waals surface area (Å²) in [5.74, 6) is 1.37. The van der Waals surface area contributed by atoms with E-state index in [2.05, 4.69) is 20.8 Å². The molecular weight excluding hydrogens is 444 g/mol. The summed E-state index contributed by atoms with van der Waals surface area (Å²) in [7, 11) is 1.60. The maximum absolute atomic E-state index is 12.8. The molecule has 0 radical (unpaired) electrons. The van der Waals surface area contributed by atoms with E-state index in [-0.39, 0.29) is 30.0 Å². The molecule has 1 aromatic heterocycles. The Labute approximate surface area is 196 Å². The normalized spacial score (nSPS) is 18.9. The molecule has 10 nitrogen and oxygen atoms in total. The van der Waals surface area contributed by atoms with Gasteiger partial charge in [-0.1, -0.05) is 24.6 Å².